The van der Waals surface area contributed by atoms with Gasteiger partial charge in [0.25, 0.3) is 0 Å². The molecule has 19 heavy (non-hydrogen) atoms. The third-order valence-electron chi connectivity index (χ3n) is 5.61. The van der Waals surface area contributed by atoms with Crippen molar-refractivity contribution < 1.29 is 13.7 Å². The Labute approximate surface area is 115 Å². The number of hydrogen-bond donors (Lipinski definition) is 0. The predicted octanol–water partition coefficient (Wildman–Crippen LogP) is 4.05. The van der Waals surface area contributed by atoms with Crippen LogP contribution in [0.4, 0.5) is 4.39 Å². The molecule has 3 rings (SSSR count). The summed E-state index contributed by atoms with van der Waals surface area (Å²) in [5, 5.41) is 0. The van der Waals surface area contributed by atoms with Gasteiger partial charge >= 0.3 is 7.12 Å². The maximum Gasteiger partial charge on any atom is 0.525 e. The van der Waals surface area contributed by atoms with Crippen molar-refractivity contribution in [3.63, 3.8) is 0 Å². The molecule has 1 heterocycles. The van der Waals surface area contributed by atoms with Crippen molar-refractivity contribution in [2.24, 2.45) is 11.8 Å². The molecule has 4 heteroatoms. The van der Waals surface area contributed by atoms with Gasteiger partial charge < -0.3 is 9.31 Å². The van der Waals surface area contributed by atoms with E-state index in [1.165, 1.54) is 19.3 Å². The molecule has 0 radical (unpaired) electrons. The third-order valence-corrected chi connectivity index (χ3v) is 5.61. The number of fused-ring (bicyclic) bond motifs is 1. The van der Waals surface area contributed by atoms with Crippen LogP contribution in [0.15, 0.2) is 11.3 Å². The molecule has 2 aliphatic carbocycles. The first-order chi connectivity index (χ1) is 8.82. The Morgan fingerprint density at radius 3 is 2.26 bits per heavy atom. The minimum atomic E-state index is -0.789. The molecule has 0 aromatic heterocycles. The Kier molecular flexibility index (Phi) is 3.10. The van der Waals surface area contributed by atoms with Crippen LogP contribution < -0.4 is 0 Å². The summed E-state index contributed by atoms with van der Waals surface area (Å²) in [4.78, 5) is 0. The van der Waals surface area contributed by atoms with E-state index < -0.39 is 18.3 Å². The maximum absolute atomic E-state index is 14.6. The number of hydrogen-bond acceptors (Lipinski definition) is 2. The van der Waals surface area contributed by atoms with E-state index in [0.717, 1.165) is 24.3 Å². The summed E-state index contributed by atoms with van der Waals surface area (Å²) in [7, 11) is -0.789. The monoisotopic (exact) mass is 266 g/mol. The predicted molar refractivity (Wildman–Crippen MR) is 74.3 cm³/mol. The highest BCUT2D eigenvalue weighted by atomic mass is 19.1. The summed E-state index contributed by atoms with van der Waals surface area (Å²) in [6.07, 6.45) is 5.88. The lowest BCUT2D eigenvalue weighted by Gasteiger charge is -2.43. The van der Waals surface area contributed by atoms with E-state index in [0.29, 0.717) is 5.92 Å². The van der Waals surface area contributed by atoms with E-state index in [2.05, 4.69) is 0 Å². The van der Waals surface area contributed by atoms with Gasteiger partial charge in [-0.3, -0.25) is 0 Å². The van der Waals surface area contributed by atoms with Crippen molar-refractivity contribution in [3.05, 3.63) is 11.3 Å². The molecular formula is C15H24BFO2. The number of rotatable bonds is 1. The third kappa shape index (κ3) is 2.08. The van der Waals surface area contributed by atoms with Gasteiger partial charge in [-0.1, -0.05) is 12.8 Å². The SMILES string of the molecule is CC1(C)OB(C(F)=C2CC3CCCCC23)OC1(C)C. The summed E-state index contributed by atoms with van der Waals surface area (Å²) in [6, 6.07) is 0. The van der Waals surface area contributed by atoms with Gasteiger partial charge in [0.15, 0.2) is 0 Å². The Bertz CT molecular complexity index is 400. The lowest BCUT2D eigenvalue weighted by molar-refractivity contribution is 0.00578. The average Bonchev–Trinajstić information content (AvgIpc) is 2.50. The van der Waals surface area contributed by atoms with Crippen LogP contribution in [0, 0.1) is 11.8 Å². The van der Waals surface area contributed by atoms with Crippen LogP contribution >= 0.6 is 0 Å². The van der Waals surface area contributed by atoms with Crippen LogP contribution in [-0.4, -0.2) is 18.3 Å². The molecule has 2 unspecified atom stereocenters. The number of allylic oxidation sites excluding steroid dienone is 1. The van der Waals surface area contributed by atoms with Crippen LogP contribution in [0.1, 0.15) is 59.8 Å². The Hall–Kier alpha value is -0.345. The van der Waals surface area contributed by atoms with Crippen LogP contribution in [0.2, 0.25) is 0 Å². The van der Waals surface area contributed by atoms with Crippen molar-refractivity contribution in [1.82, 2.24) is 0 Å². The lowest BCUT2D eigenvalue weighted by Crippen LogP contribution is -2.41. The average molecular weight is 266 g/mol. The summed E-state index contributed by atoms with van der Waals surface area (Å²) >= 11 is 0. The maximum atomic E-state index is 14.6. The van der Waals surface area contributed by atoms with Crippen LogP contribution in [0.25, 0.3) is 0 Å². The molecule has 1 aliphatic heterocycles. The first-order valence-corrected chi connectivity index (χ1v) is 7.56. The van der Waals surface area contributed by atoms with Gasteiger partial charge in [0, 0.05) is 0 Å². The largest absolute Gasteiger partial charge is 0.525 e. The van der Waals surface area contributed by atoms with Crippen molar-refractivity contribution in [1.29, 1.82) is 0 Å². The molecule has 0 amide bonds. The van der Waals surface area contributed by atoms with Crippen molar-refractivity contribution in [2.45, 2.75) is 71.0 Å². The standard InChI is InChI=1S/C15H24BFO2/c1-14(2)15(3,4)19-16(18-14)13(17)12-9-10-7-5-6-8-11(10)12/h10-11H,5-9H2,1-4H3. The van der Waals surface area contributed by atoms with Gasteiger partial charge in [-0.15, -0.1) is 0 Å². The topological polar surface area (TPSA) is 18.5 Å². The van der Waals surface area contributed by atoms with Gasteiger partial charge in [-0.05, 0) is 64.4 Å². The first kappa shape index (κ1) is 13.6. The molecule has 2 nitrogen and oxygen atoms in total. The molecule has 0 N–H and O–H groups in total. The fourth-order valence-electron chi connectivity index (χ4n) is 3.56. The highest BCUT2D eigenvalue weighted by Gasteiger charge is 2.55. The molecule has 1 saturated heterocycles. The summed E-state index contributed by atoms with van der Waals surface area (Å²) < 4.78 is 26.3. The normalized spacial score (nSPS) is 38.7. The second-order valence-corrected chi connectivity index (χ2v) is 7.32. The van der Waals surface area contributed by atoms with Gasteiger partial charge in [0.05, 0.1) is 11.2 Å². The van der Waals surface area contributed by atoms with E-state index in [9.17, 15) is 4.39 Å². The highest BCUT2D eigenvalue weighted by Crippen LogP contribution is 2.51. The van der Waals surface area contributed by atoms with E-state index >= 15 is 0 Å². The van der Waals surface area contributed by atoms with Crippen LogP contribution in [-0.2, 0) is 9.31 Å². The van der Waals surface area contributed by atoms with Gasteiger partial charge in [0.2, 0.25) is 0 Å². The Balaban J connectivity index is 1.77. The second kappa shape index (κ2) is 4.32. The minimum absolute atomic E-state index is 0.137. The Morgan fingerprint density at radius 1 is 1.11 bits per heavy atom. The number of halogens is 1. The molecule has 2 saturated carbocycles. The molecular weight excluding hydrogens is 242 g/mol. The van der Waals surface area contributed by atoms with E-state index in [4.69, 9.17) is 9.31 Å². The van der Waals surface area contributed by atoms with E-state index in [1.807, 2.05) is 27.7 Å². The smallest absolute Gasteiger partial charge is 0.398 e. The summed E-state index contributed by atoms with van der Waals surface area (Å²) in [5.74, 6) is 1.18. The molecule has 0 spiro atoms. The van der Waals surface area contributed by atoms with Crippen molar-refractivity contribution in [2.75, 3.05) is 0 Å². The molecule has 2 atom stereocenters. The molecule has 3 fully saturated rings. The molecule has 0 aromatic carbocycles. The highest BCUT2D eigenvalue weighted by molar-refractivity contribution is 6.53. The van der Waals surface area contributed by atoms with Crippen LogP contribution in [0.5, 0.6) is 0 Å². The van der Waals surface area contributed by atoms with E-state index in [1.54, 1.807) is 0 Å². The second-order valence-electron chi connectivity index (χ2n) is 7.32. The first-order valence-electron chi connectivity index (χ1n) is 7.56. The molecule has 0 aromatic rings. The summed E-state index contributed by atoms with van der Waals surface area (Å²) in [5.41, 5.74) is -0.0682. The van der Waals surface area contributed by atoms with Gasteiger partial charge in [0.1, 0.15) is 5.73 Å². The minimum Gasteiger partial charge on any atom is -0.398 e. The lowest BCUT2D eigenvalue weighted by atomic mass is 9.59. The van der Waals surface area contributed by atoms with Crippen molar-refractivity contribution >= 4 is 7.12 Å². The quantitative estimate of drug-likeness (QED) is 0.666. The molecule has 0 bridgehead atoms. The zero-order valence-electron chi connectivity index (χ0n) is 12.5. The molecule has 3 aliphatic rings. The summed E-state index contributed by atoms with van der Waals surface area (Å²) in [6.45, 7) is 7.87. The zero-order chi connectivity index (χ0) is 13.8. The van der Waals surface area contributed by atoms with Gasteiger partial charge in [-0.25, -0.2) is 4.39 Å². The van der Waals surface area contributed by atoms with Gasteiger partial charge in [-0.2, -0.15) is 0 Å². The van der Waals surface area contributed by atoms with Crippen LogP contribution in [0.3, 0.4) is 0 Å². The zero-order valence-corrected chi connectivity index (χ0v) is 12.5. The fourth-order valence-corrected chi connectivity index (χ4v) is 3.56. The fraction of sp³-hybridized carbons (Fsp3) is 0.867. The van der Waals surface area contributed by atoms with Crippen molar-refractivity contribution in [3.8, 4) is 0 Å². The Morgan fingerprint density at radius 2 is 1.68 bits per heavy atom. The van der Waals surface area contributed by atoms with E-state index in [-0.39, 0.29) is 5.73 Å². The molecule has 106 valence electrons.